The van der Waals surface area contributed by atoms with E-state index in [1.165, 1.54) is 24.1 Å². The lowest BCUT2D eigenvalue weighted by Crippen LogP contribution is -2.30. The van der Waals surface area contributed by atoms with E-state index in [1.807, 2.05) is 6.92 Å². The molecule has 28 heavy (non-hydrogen) atoms. The third-order valence-corrected chi connectivity index (χ3v) is 5.77. The number of rotatable bonds is 6. The molecule has 0 aliphatic rings. The molecule has 0 bridgehead atoms. The number of nitrogens with zero attached hydrogens (tertiary/aromatic N) is 1. The fraction of sp³-hybridized carbons (Fsp3) is 0.368. The quantitative estimate of drug-likeness (QED) is 0.711. The van der Waals surface area contributed by atoms with Gasteiger partial charge in [0.2, 0.25) is 10.0 Å². The first kappa shape index (κ1) is 21.6. The van der Waals surface area contributed by atoms with Gasteiger partial charge < -0.3 is 14.6 Å². The van der Waals surface area contributed by atoms with Gasteiger partial charge in [0, 0.05) is 12.7 Å². The van der Waals surface area contributed by atoms with Gasteiger partial charge in [0.1, 0.15) is 5.69 Å². The Morgan fingerprint density at radius 2 is 1.96 bits per heavy atom. The summed E-state index contributed by atoms with van der Waals surface area (Å²) in [6.45, 7) is 5.34. The number of nitrogens with one attached hydrogen (secondary N) is 1. The first-order valence-corrected chi connectivity index (χ1v) is 10.3. The van der Waals surface area contributed by atoms with E-state index in [-0.39, 0.29) is 10.8 Å². The van der Waals surface area contributed by atoms with Crippen molar-refractivity contribution in [2.45, 2.75) is 38.1 Å². The SMILES string of the molecule is CCc1[nH]c(C(=O)N(C)C(C)c2cccc(S(N)(=O)=O)c2)c(C)c1C(=O)OC. The molecule has 0 radical (unpaired) electrons. The molecule has 0 spiro atoms. The first-order chi connectivity index (χ1) is 13.0. The number of aryl methyl sites for hydroxylation is 1. The Balaban J connectivity index is 2.40. The molecule has 8 nitrogen and oxygen atoms in total. The lowest BCUT2D eigenvalue weighted by Gasteiger charge is -2.25. The summed E-state index contributed by atoms with van der Waals surface area (Å²) in [5.41, 5.74) is 2.44. The van der Waals surface area contributed by atoms with Crippen LogP contribution in [0.25, 0.3) is 0 Å². The van der Waals surface area contributed by atoms with Crippen LogP contribution in [0.15, 0.2) is 29.2 Å². The van der Waals surface area contributed by atoms with E-state index in [0.717, 1.165) is 0 Å². The molecule has 0 saturated carbocycles. The minimum absolute atomic E-state index is 0.0185. The average molecular weight is 407 g/mol. The molecule has 9 heteroatoms. The van der Waals surface area contributed by atoms with Crippen LogP contribution in [0.3, 0.4) is 0 Å². The molecule has 1 amide bonds. The van der Waals surface area contributed by atoms with E-state index < -0.39 is 22.0 Å². The Kier molecular flexibility index (Phi) is 6.30. The van der Waals surface area contributed by atoms with Crippen LogP contribution >= 0.6 is 0 Å². The average Bonchev–Trinajstić information content (AvgIpc) is 3.01. The van der Waals surface area contributed by atoms with E-state index in [1.54, 1.807) is 33.0 Å². The fourth-order valence-electron chi connectivity index (χ4n) is 3.04. The number of carbonyl (C=O) groups is 2. The van der Waals surface area contributed by atoms with Crippen LogP contribution in [-0.2, 0) is 21.2 Å². The number of amides is 1. The molecule has 1 unspecified atom stereocenters. The fourth-order valence-corrected chi connectivity index (χ4v) is 3.61. The number of sulfonamides is 1. The van der Waals surface area contributed by atoms with Gasteiger partial charge in [-0.15, -0.1) is 0 Å². The van der Waals surface area contributed by atoms with Crippen molar-refractivity contribution >= 4 is 21.9 Å². The molecule has 0 fully saturated rings. The Bertz CT molecular complexity index is 1010. The number of ether oxygens (including phenoxy) is 1. The lowest BCUT2D eigenvalue weighted by molar-refractivity contribution is 0.0599. The number of methoxy groups -OCH3 is 1. The molecule has 0 aliphatic carbocycles. The van der Waals surface area contributed by atoms with E-state index in [0.29, 0.717) is 34.5 Å². The molecule has 1 atom stereocenters. The standard InChI is InChI=1S/C19H25N3O5S/c1-6-15-16(19(24)27-5)11(2)17(21-15)18(23)22(4)12(3)13-8-7-9-14(10-13)28(20,25)26/h7-10,12,21H,6H2,1-5H3,(H2,20,25,26). The summed E-state index contributed by atoms with van der Waals surface area (Å²) in [5.74, 6) is -0.822. The van der Waals surface area contributed by atoms with Crippen molar-refractivity contribution in [1.29, 1.82) is 0 Å². The van der Waals surface area contributed by atoms with Crippen LogP contribution in [0.2, 0.25) is 0 Å². The van der Waals surface area contributed by atoms with Gasteiger partial charge in [0.15, 0.2) is 0 Å². The Morgan fingerprint density at radius 3 is 2.50 bits per heavy atom. The van der Waals surface area contributed by atoms with Gasteiger partial charge in [-0.1, -0.05) is 19.1 Å². The number of aromatic nitrogens is 1. The van der Waals surface area contributed by atoms with Crippen molar-refractivity contribution in [2.24, 2.45) is 5.14 Å². The van der Waals surface area contributed by atoms with Crippen LogP contribution in [0.4, 0.5) is 0 Å². The van der Waals surface area contributed by atoms with Crippen molar-refractivity contribution in [3.63, 3.8) is 0 Å². The molecule has 1 heterocycles. The van der Waals surface area contributed by atoms with Gasteiger partial charge in [-0.05, 0) is 43.5 Å². The van der Waals surface area contributed by atoms with E-state index in [2.05, 4.69) is 4.98 Å². The minimum atomic E-state index is -3.84. The van der Waals surface area contributed by atoms with Gasteiger partial charge in [-0.2, -0.15) is 0 Å². The van der Waals surface area contributed by atoms with Gasteiger partial charge in [-0.25, -0.2) is 18.4 Å². The Morgan fingerprint density at radius 1 is 1.32 bits per heavy atom. The highest BCUT2D eigenvalue weighted by molar-refractivity contribution is 7.89. The van der Waals surface area contributed by atoms with Crippen molar-refractivity contribution in [3.05, 3.63) is 52.3 Å². The second kappa shape index (κ2) is 8.15. The van der Waals surface area contributed by atoms with Crippen molar-refractivity contribution < 1.29 is 22.7 Å². The van der Waals surface area contributed by atoms with Crippen LogP contribution in [0.5, 0.6) is 0 Å². The van der Waals surface area contributed by atoms with Gasteiger partial charge in [0.05, 0.1) is 23.6 Å². The molecule has 152 valence electrons. The molecule has 1 aromatic heterocycles. The maximum absolute atomic E-state index is 13.1. The number of aromatic amines is 1. The second-order valence-electron chi connectivity index (χ2n) is 6.53. The highest BCUT2D eigenvalue weighted by Crippen LogP contribution is 2.26. The predicted molar refractivity (Wildman–Crippen MR) is 105 cm³/mol. The second-order valence-corrected chi connectivity index (χ2v) is 8.09. The third-order valence-electron chi connectivity index (χ3n) is 4.85. The van der Waals surface area contributed by atoms with Crippen LogP contribution in [0, 0.1) is 6.92 Å². The Labute approximate surface area is 164 Å². The number of nitrogens with two attached hydrogens (primary N) is 1. The number of esters is 1. The minimum Gasteiger partial charge on any atom is -0.465 e. The molecular formula is C19H25N3O5S. The molecular weight excluding hydrogens is 382 g/mol. The summed E-state index contributed by atoms with van der Waals surface area (Å²) in [6, 6.07) is 5.72. The number of primary sulfonamides is 1. The Hall–Kier alpha value is -2.65. The summed E-state index contributed by atoms with van der Waals surface area (Å²) < 4.78 is 28.0. The van der Waals surface area contributed by atoms with Gasteiger partial charge in [0.25, 0.3) is 5.91 Å². The molecule has 2 rings (SSSR count). The van der Waals surface area contributed by atoms with E-state index in [9.17, 15) is 18.0 Å². The number of hydrogen-bond acceptors (Lipinski definition) is 5. The zero-order valence-electron chi connectivity index (χ0n) is 16.6. The summed E-state index contributed by atoms with van der Waals surface area (Å²) in [4.78, 5) is 29.6. The smallest absolute Gasteiger partial charge is 0.339 e. The van der Waals surface area contributed by atoms with Crippen LogP contribution < -0.4 is 5.14 Å². The molecule has 2 aromatic rings. The summed E-state index contributed by atoms with van der Waals surface area (Å²) >= 11 is 0. The van der Waals surface area contributed by atoms with Crippen molar-refractivity contribution in [1.82, 2.24) is 9.88 Å². The van der Waals surface area contributed by atoms with Gasteiger partial charge in [-0.3, -0.25) is 4.79 Å². The zero-order valence-corrected chi connectivity index (χ0v) is 17.4. The van der Waals surface area contributed by atoms with Gasteiger partial charge >= 0.3 is 5.97 Å². The normalized spacial score (nSPS) is 12.5. The molecule has 1 aromatic carbocycles. The third kappa shape index (κ3) is 4.10. The van der Waals surface area contributed by atoms with Crippen molar-refractivity contribution in [3.8, 4) is 0 Å². The maximum Gasteiger partial charge on any atom is 0.339 e. The summed E-state index contributed by atoms with van der Waals surface area (Å²) in [6.07, 6.45) is 0.536. The predicted octanol–water partition coefficient (Wildman–Crippen LogP) is 2.15. The van der Waals surface area contributed by atoms with Crippen LogP contribution in [-0.4, -0.2) is 44.3 Å². The summed E-state index contributed by atoms with van der Waals surface area (Å²) in [7, 11) is -0.937. The number of benzene rings is 1. The topological polar surface area (TPSA) is 123 Å². The number of hydrogen-bond donors (Lipinski definition) is 2. The van der Waals surface area contributed by atoms with Crippen molar-refractivity contribution in [2.75, 3.05) is 14.2 Å². The molecule has 0 saturated heterocycles. The molecule has 0 aliphatic heterocycles. The largest absolute Gasteiger partial charge is 0.465 e. The van der Waals surface area contributed by atoms with E-state index >= 15 is 0 Å². The van der Waals surface area contributed by atoms with Crippen LogP contribution in [0.1, 0.15) is 57.6 Å². The highest BCUT2D eigenvalue weighted by Gasteiger charge is 2.27. The molecule has 3 N–H and O–H groups in total. The zero-order chi connectivity index (χ0) is 21.2. The monoisotopic (exact) mass is 407 g/mol. The lowest BCUT2D eigenvalue weighted by atomic mass is 10.1. The first-order valence-electron chi connectivity index (χ1n) is 8.72. The maximum atomic E-state index is 13.1. The summed E-state index contributed by atoms with van der Waals surface area (Å²) in [5, 5.41) is 5.19. The van der Waals surface area contributed by atoms with E-state index in [4.69, 9.17) is 9.88 Å². The highest BCUT2D eigenvalue weighted by atomic mass is 32.2. The number of H-pyrrole nitrogens is 1. The number of carbonyl (C=O) groups excluding carboxylic acids is 2.